The van der Waals surface area contributed by atoms with Gasteiger partial charge >= 0.3 is 0 Å². The Morgan fingerprint density at radius 1 is 0.654 bits per heavy atom. The van der Waals surface area contributed by atoms with Crippen LogP contribution < -0.4 is 9.47 Å². The smallest absolute Gasteiger partial charge is 0.150 e. The molecule has 136 valence electrons. The van der Waals surface area contributed by atoms with Crippen LogP contribution in [0.3, 0.4) is 0 Å². The highest BCUT2D eigenvalue weighted by atomic mass is 16.5. The Morgan fingerprint density at radius 2 is 1.00 bits per heavy atom. The van der Waals surface area contributed by atoms with Crippen molar-refractivity contribution in [3.8, 4) is 11.5 Å². The molecular formula is C22H24O4. The highest BCUT2D eigenvalue weighted by Gasteiger charge is 2.22. The number of ether oxygens (including phenoxy) is 2. The molecule has 0 amide bonds. The summed E-state index contributed by atoms with van der Waals surface area (Å²) in [7, 11) is 0. The molecule has 0 aromatic heterocycles. The molecule has 0 aliphatic heterocycles. The van der Waals surface area contributed by atoms with Crippen molar-refractivity contribution in [3.63, 3.8) is 0 Å². The van der Waals surface area contributed by atoms with Gasteiger partial charge in [0.15, 0.2) is 0 Å². The van der Waals surface area contributed by atoms with E-state index in [0.717, 1.165) is 63.0 Å². The second-order valence-electron chi connectivity index (χ2n) is 6.88. The summed E-state index contributed by atoms with van der Waals surface area (Å²) in [6.45, 7) is 1.45. The monoisotopic (exact) mass is 352 g/mol. The lowest BCUT2D eigenvalue weighted by molar-refractivity contribution is 0.111. The van der Waals surface area contributed by atoms with Crippen molar-refractivity contribution >= 4 is 12.6 Å². The Kier molecular flexibility index (Phi) is 6.42. The van der Waals surface area contributed by atoms with Gasteiger partial charge in [-0.1, -0.05) is 0 Å². The molecule has 0 radical (unpaired) electrons. The van der Waals surface area contributed by atoms with Gasteiger partial charge in [0.25, 0.3) is 0 Å². The van der Waals surface area contributed by atoms with E-state index >= 15 is 0 Å². The fraction of sp³-hybridized carbons (Fsp3) is 0.364. The maximum absolute atomic E-state index is 10.7. The molecule has 0 N–H and O–H groups in total. The van der Waals surface area contributed by atoms with E-state index in [1.165, 1.54) is 0 Å². The maximum atomic E-state index is 10.7. The van der Waals surface area contributed by atoms with Crippen molar-refractivity contribution in [1.82, 2.24) is 0 Å². The van der Waals surface area contributed by atoms with Crippen molar-refractivity contribution < 1.29 is 19.1 Å². The molecule has 2 aromatic rings. The molecule has 1 aliphatic carbocycles. The highest BCUT2D eigenvalue weighted by molar-refractivity contribution is 5.75. The Bertz CT molecular complexity index is 634. The van der Waals surface area contributed by atoms with Crippen molar-refractivity contribution in [3.05, 3.63) is 59.7 Å². The van der Waals surface area contributed by atoms with Crippen LogP contribution in [0.1, 0.15) is 46.4 Å². The van der Waals surface area contributed by atoms with E-state index in [9.17, 15) is 9.59 Å². The van der Waals surface area contributed by atoms with E-state index < -0.39 is 0 Å². The number of rotatable bonds is 8. The van der Waals surface area contributed by atoms with Crippen LogP contribution in [0, 0.1) is 11.8 Å². The van der Waals surface area contributed by atoms with Crippen LogP contribution in [-0.2, 0) is 0 Å². The van der Waals surface area contributed by atoms with Crippen LogP contribution in [0.2, 0.25) is 0 Å². The lowest BCUT2D eigenvalue weighted by atomic mass is 9.83. The Balaban J connectivity index is 1.36. The largest absolute Gasteiger partial charge is 0.493 e. The Hall–Kier alpha value is -2.62. The third-order valence-electron chi connectivity index (χ3n) is 4.97. The Labute approximate surface area is 154 Å². The van der Waals surface area contributed by atoms with E-state index in [4.69, 9.17) is 9.47 Å². The average Bonchev–Trinajstić information content (AvgIpc) is 2.72. The minimum absolute atomic E-state index is 0.573. The molecule has 0 saturated heterocycles. The van der Waals surface area contributed by atoms with Crippen LogP contribution in [-0.4, -0.2) is 25.8 Å². The summed E-state index contributed by atoms with van der Waals surface area (Å²) >= 11 is 0. The molecular weight excluding hydrogens is 328 g/mol. The summed E-state index contributed by atoms with van der Waals surface area (Å²) in [6, 6.07) is 14.5. The molecule has 0 heterocycles. The van der Waals surface area contributed by atoms with Gasteiger partial charge in [0.1, 0.15) is 24.1 Å². The lowest BCUT2D eigenvalue weighted by Crippen LogP contribution is -2.23. The molecule has 2 aromatic carbocycles. The molecule has 26 heavy (non-hydrogen) atoms. The van der Waals surface area contributed by atoms with E-state index in [-0.39, 0.29) is 0 Å². The zero-order valence-electron chi connectivity index (χ0n) is 14.8. The van der Waals surface area contributed by atoms with Gasteiger partial charge in [0, 0.05) is 11.1 Å². The molecule has 0 unspecified atom stereocenters. The first-order chi connectivity index (χ1) is 12.8. The van der Waals surface area contributed by atoms with Crippen LogP contribution in [0.25, 0.3) is 0 Å². The predicted molar refractivity (Wildman–Crippen MR) is 100 cm³/mol. The topological polar surface area (TPSA) is 52.6 Å². The highest BCUT2D eigenvalue weighted by Crippen LogP contribution is 2.30. The van der Waals surface area contributed by atoms with Crippen LogP contribution >= 0.6 is 0 Å². The fourth-order valence-electron chi connectivity index (χ4n) is 3.28. The standard InChI is InChI=1S/C22H24O4/c23-13-17-5-9-21(10-6-17)25-15-19-1-2-20(4-3-19)16-26-22-11-7-18(14-24)8-12-22/h5-14,19-20H,1-4,15-16H2/t19-,20-. The summed E-state index contributed by atoms with van der Waals surface area (Å²) in [5, 5.41) is 0. The summed E-state index contributed by atoms with van der Waals surface area (Å²) in [6.07, 6.45) is 6.25. The van der Waals surface area contributed by atoms with Gasteiger partial charge in [-0.05, 0) is 86.1 Å². The van der Waals surface area contributed by atoms with Crippen molar-refractivity contribution in [2.75, 3.05) is 13.2 Å². The number of carbonyl (C=O) groups excluding carboxylic acids is 2. The zero-order valence-corrected chi connectivity index (χ0v) is 14.8. The minimum Gasteiger partial charge on any atom is -0.493 e. The van der Waals surface area contributed by atoms with Crippen LogP contribution in [0.15, 0.2) is 48.5 Å². The summed E-state index contributed by atoms with van der Waals surface area (Å²) in [4.78, 5) is 21.3. The van der Waals surface area contributed by atoms with Crippen molar-refractivity contribution in [2.24, 2.45) is 11.8 Å². The normalized spacial score (nSPS) is 19.5. The summed E-state index contributed by atoms with van der Waals surface area (Å²) in [5.41, 5.74) is 1.33. The first-order valence-electron chi connectivity index (χ1n) is 9.13. The third-order valence-corrected chi connectivity index (χ3v) is 4.97. The van der Waals surface area contributed by atoms with Crippen LogP contribution in [0.4, 0.5) is 0 Å². The second-order valence-corrected chi connectivity index (χ2v) is 6.88. The molecule has 4 heteroatoms. The Morgan fingerprint density at radius 3 is 1.31 bits per heavy atom. The van der Waals surface area contributed by atoms with Gasteiger partial charge in [-0.25, -0.2) is 0 Å². The van der Waals surface area contributed by atoms with Gasteiger partial charge in [0.05, 0.1) is 13.2 Å². The maximum Gasteiger partial charge on any atom is 0.150 e. The van der Waals surface area contributed by atoms with Crippen molar-refractivity contribution in [1.29, 1.82) is 0 Å². The van der Waals surface area contributed by atoms with E-state index in [1.807, 2.05) is 24.3 Å². The number of carbonyl (C=O) groups is 2. The van der Waals surface area contributed by atoms with Gasteiger partial charge in [-0.15, -0.1) is 0 Å². The van der Waals surface area contributed by atoms with E-state index in [2.05, 4.69) is 0 Å². The molecule has 0 bridgehead atoms. The molecule has 0 spiro atoms. The predicted octanol–water partition coefficient (Wildman–Crippen LogP) is 4.58. The molecule has 4 nitrogen and oxygen atoms in total. The van der Waals surface area contributed by atoms with Gasteiger partial charge < -0.3 is 9.47 Å². The third kappa shape index (κ3) is 5.19. The van der Waals surface area contributed by atoms with Crippen LogP contribution in [0.5, 0.6) is 11.5 Å². The molecule has 0 atom stereocenters. The minimum atomic E-state index is 0.573. The molecule has 1 aliphatic rings. The van der Waals surface area contributed by atoms with Gasteiger partial charge in [0.2, 0.25) is 0 Å². The average molecular weight is 352 g/mol. The summed E-state index contributed by atoms with van der Waals surface area (Å²) < 4.78 is 11.7. The SMILES string of the molecule is O=Cc1ccc(OC[C@H]2CC[C@H](COc3ccc(C=O)cc3)CC2)cc1. The molecule has 1 saturated carbocycles. The van der Waals surface area contributed by atoms with E-state index in [0.29, 0.717) is 23.0 Å². The quantitative estimate of drug-likeness (QED) is 0.653. The number of hydrogen-bond acceptors (Lipinski definition) is 4. The molecule has 3 rings (SSSR count). The number of aldehydes is 2. The van der Waals surface area contributed by atoms with Crippen molar-refractivity contribution in [2.45, 2.75) is 25.7 Å². The second kappa shape index (κ2) is 9.18. The van der Waals surface area contributed by atoms with E-state index in [1.54, 1.807) is 24.3 Å². The number of benzene rings is 2. The number of hydrogen-bond donors (Lipinski definition) is 0. The van der Waals surface area contributed by atoms with Gasteiger partial charge in [-0.2, -0.15) is 0 Å². The summed E-state index contributed by atoms with van der Waals surface area (Å²) in [5.74, 6) is 2.78. The fourth-order valence-corrected chi connectivity index (χ4v) is 3.28. The van der Waals surface area contributed by atoms with Gasteiger partial charge in [-0.3, -0.25) is 9.59 Å². The first-order valence-corrected chi connectivity index (χ1v) is 9.13. The lowest BCUT2D eigenvalue weighted by Gasteiger charge is -2.28. The zero-order chi connectivity index (χ0) is 18.2. The molecule has 1 fully saturated rings. The first kappa shape index (κ1) is 18.2.